The Bertz CT molecular complexity index is 915. The maximum Gasteiger partial charge on any atom is 0.257 e. The third-order valence-corrected chi connectivity index (χ3v) is 6.65. The first-order chi connectivity index (χ1) is 11.9. The molecule has 0 saturated carbocycles. The SMILES string of the molecule is O=C(Nc1ccc(Cl)c(S(=O)(=O)N2CCCC2)c1)c1cncc(Br)c1. The minimum absolute atomic E-state index is 0.00114. The minimum Gasteiger partial charge on any atom is -0.322 e. The predicted octanol–water partition coefficient (Wildman–Crippen LogP) is 3.53. The van der Waals surface area contributed by atoms with Crippen LogP contribution < -0.4 is 5.32 Å². The number of amides is 1. The first-order valence-electron chi connectivity index (χ1n) is 7.59. The molecule has 2 heterocycles. The highest BCUT2D eigenvalue weighted by Gasteiger charge is 2.29. The molecular weight excluding hydrogens is 430 g/mol. The Morgan fingerprint density at radius 1 is 1.20 bits per heavy atom. The first-order valence-corrected chi connectivity index (χ1v) is 10.2. The quantitative estimate of drug-likeness (QED) is 0.782. The van der Waals surface area contributed by atoms with Crippen LogP contribution in [0.4, 0.5) is 5.69 Å². The molecule has 0 unspecified atom stereocenters. The van der Waals surface area contributed by atoms with Crippen LogP contribution in [0.25, 0.3) is 0 Å². The van der Waals surface area contributed by atoms with Gasteiger partial charge in [-0.25, -0.2) is 8.42 Å². The fourth-order valence-corrected chi connectivity index (χ4v) is 4.97. The highest BCUT2D eigenvalue weighted by molar-refractivity contribution is 9.10. The van der Waals surface area contributed by atoms with Crippen molar-refractivity contribution in [1.29, 1.82) is 0 Å². The van der Waals surface area contributed by atoms with Crippen molar-refractivity contribution in [3.63, 3.8) is 0 Å². The van der Waals surface area contributed by atoms with Crippen LogP contribution in [-0.4, -0.2) is 36.7 Å². The van der Waals surface area contributed by atoms with Gasteiger partial charge in [-0.1, -0.05) is 11.6 Å². The van der Waals surface area contributed by atoms with E-state index in [-0.39, 0.29) is 15.8 Å². The van der Waals surface area contributed by atoms with E-state index >= 15 is 0 Å². The van der Waals surface area contributed by atoms with Crippen LogP contribution in [0.5, 0.6) is 0 Å². The fraction of sp³-hybridized carbons (Fsp3) is 0.250. The van der Waals surface area contributed by atoms with E-state index in [0.717, 1.165) is 12.8 Å². The number of pyridine rings is 1. The molecule has 0 bridgehead atoms. The van der Waals surface area contributed by atoms with Gasteiger partial charge in [0, 0.05) is 35.6 Å². The van der Waals surface area contributed by atoms with E-state index in [9.17, 15) is 13.2 Å². The van der Waals surface area contributed by atoms with E-state index in [0.29, 0.717) is 28.8 Å². The number of rotatable bonds is 4. The Balaban J connectivity index is 1.88. The molecule has 1 saturated heterocycles. The number of sulfonamides is 1. The van der Waals surface area contributed by atoms with Crippen LogP contribution in [0.3, 0.4) is 0 Å². The Kier molecular flexibility index (Phi) is 5.43. The van der Waals surface area contributed by atoms with Crippen molar-refractivity contribution in [2.24, 2.45) is 0 Å². The maximum atomic E-state index is 12.7. The monoisotopic (exact) mass is 443 g/mol. The normalized spacial score (nSPS) is 15.3. The van der Waals surface area contributed by atoms with Crippen molar-refractivity contribution in [2.75, 3.05) is 18.4 Å². The van der Waals surface area contributed by atoms with E-state index in [4.69, 9.17) is 11.6 Å². The lowest BCUT2D eigenvalue weighted by Gasteiger charge is -2.17. The Morgan fingerprint density at radius 3 is 2.60 bits per heavy atom. The molecule has 1 aromatic heterocycles. The molecule has 2 aromatic rings. The van der Waals surface area contributed by atoms with Gasteiger partial charge >= 0.3 is 0 Å². The summed E-state index contributed by atoms with van der Waals surface area (Å²) in [6, 6.07) is 6.05. The lowest BCUT2D eigenvalue weighted by atomic mass is 10.2. The molecule has 1 aromatic carbocycles. The zero-order chi connectivity index (χ0) is 18.0. The largest absolute Gasteiger partial charge is 0.322 e. The standard InChI is InChI=1S/C16H15BrClN3O3S/c17-12-7-11(9-19-10-12)16(22)20-13-3-4-14(18)15(8-13)25(23,24)21-5-1-2-6-21/h3-4,7-10H,1-2,5-6H2,(H,20,22). The number of hydrogen-bond acceptors (Lipinski definition) is 4. The smallest absolute Gasteiger partial charge is 0.257 e. The highest BCUT2D eigenvalue weighted by Crippen LogP contribution is 2.29. The molecule has 0 radical (unpaired) electrons. The molecule has 1 amide bonds. The molecule has 1 fully saturated rings. The second kappa shape index (κ2) is 7.41. The van der Waals surface area contributed by atoms with Crippen LogP contribution in [0.1, 0.15) is 23.2 Å². The Hall–Kier alpha value is -1.48. The number of carbonyl (C=O) groups is 1. The van der Waals surface area contributed by atoms with Crippen LogP contribution in [-0.2, 0) is 10.0 Å². The van der Waals surface area contributed by atoms with Gasteiger partial charge in [0.25, 0.3) is 5.91 Å². The lowest BCUT2D eigenvalue weighted by Crippen LogP contribution is -2.28. The number of halogens is 2. The number of benzene rings is 1. The van der Waals surface area contributed by atoms with Crippen LogP contribution in [0.15, 0.2) is 46.0 Å². The number of anilines is 1. The first kappa shape index (κ1) is 18.3. The third kappa shape index (κ3) is 4.03. The number of carbonyl (C=O) groups excluding carboxylic acids is 1. The van der Waals surface area contributed by atoms with Gasteiger partial charge in [0.1, 0.15) is 4.90 Å². The summed E-state index contributed by atoms with van der Waals surface area (Å²) < 4.78 is 27.5. The lowest BCUT2D eigenvalue weighted by molar-refractivity contribution is 0.102. The van der Waals surface area contributed by atoms with Gasteiger partial charge in [-0.15, -0.1) is 0 Å². The summed E-state index contributed by atoms with van der Waals surface area (Å²) in [7, 11) is -3.67. The van der Waals surface area contributed by atoms with Crippen LogP contribution in [0, 0.1) is 0 Å². The maximum absolute atomic E-state index is 12.7. The molecular formula is C16H15BrClN3O3S. The summed E-state index contributed by atoms with van der Waals surface area (Å²) in [4.78, 5) is 16.2. The molecule has 0 spiro atoms. The second-order valence-electron chi connectivity index (χ2n) is 5.60. The molecule has 1 N–H and O–H groups in total. The molecule has 3 rings (SSSR count). The van der Waals surface area contributed by atoms with E-state index in [1.54, 1.807) is 18.3 Å². The van der Waals surface area contributed by atoms with Gasteiger partial charge in [-0.2, -0.15) is 4.31 Å². The molecule has 0 aliphatic carbocycles. The van der Waals surface area contributed by atoms with Gasteiger partial charge in [-0.3, -0.25) is 9.78 Å². The van der Waals surface area contributed by atoms with E-state index in [1.807, 2.05) is 0 Å². The number of aromatic nitrogens is 1. The Labute approximate surface area is 159 Å². The van der Waals surface area contributed by atoms with Gasteiger partial charge < -0.3 is 5.32 Å². The van der Waals surface area contributed by atoms with E-state index in [1.165, 1.54) is 22.6 Å². The predicted molar refractivity (Wildman–Crippen MR) is 99.3 cm³/mol. The van der Waals surface area contributed by atoms with Gasteiger partial charge in [0.15, 0.2) is 0 Å². The molecule has 25 heavy (non-hydrogen) atoms. The van der Waals surface area contributed by atoms with Crippen LogP contribution in [0.2, 0.25) is 5.02 Å². The van der Waals surface area contributed by atoms with E-state index < -0.39 is 10.0 Å². The summed E-state index contributed by atoms with van der Waals surface area (Å²) in [6.07, 6.45) is 4.67. The Morgan fingerprint density at radius 2 is 1.92 bits per heavy atom. The second-order valence-corrected chi connectivity index (χ2v) is 8.83. The minimum atomic E-state index is -3.67. The van der Waals surface area contributed by atoms with Gasteiger partial charge in [0.05, 0.1) is 10.6 Å². The van der Waals surface area contributed by atoms with Crippen molar-refractivity contribution < 1.29 is 13.2 Å². The molecule has 1 aliphatic rings. The van der Waals surface area contributed by atoms with Crippen molar-refractivity contribution in [3.05, 3.63) is 51.7 Å². The summed E-state index contributed by atoms with van der Waals surface area (Å²) in [5.41, 5.74) is 0.709. The molecule has 6 nitrogen and oxygen atoms in total. The summed E-state index contributed by atoms with van der Waals surface area (Å²) in [6.45, 7) is 0.970. The average Bonchev–Trinajstić information content (AvgIpc) is 3.12. The number of nitrogens with one attached hydrogen (secondary N) is 1. The number of hydrogen-bond donors (Lipinski definition) is 1. The van der Waals surface area contributed by atoms with Crippen molar-refractivity contribution in [1.82, 2.24) is 9.29 Å². The topological polar surface area (TPSA) is 79.4 Å². The van der Waals surface area contributed by atoms with E-state index in [2.05, 4.69) is 26.2 Å². The van der Waals surface area contributed by atoms with Gasteiger partial charge in [0.2, 0.25) is 10.0 Å². The van der Waals surface area contributed by atoms with Crippen molar-refractivity contribution in [2.45, 2.75) is 17.7 Å². The average molecular weight is 445 g/mol. The highest BCUT2D eigenvalue weighted by atomic mass is 79.9. The molecule has 1 aliphatic heterocycles. The van der Waals surface area contributed by atoms with Gasteiger partial charge in [-0.05, 0) is 53.0 Å². The third-order valence-electron chi connectivity index (χ3n) is 3.84. The fourth-order valence-electron chi connectivity index (χ4n) is 2.59. The van der Waals surface area contributed by atoms with Crippen LogP contribution >= 0.6 is 27.5 Å². The molecule has 9 heteroatoms. The molecule has 132 valence electrons. The zero-order valence-corrected chi connectivity index (χ0v) is 16.2. The molecule has 0 atom stereocenters. The summed E-state index contributed by atoms with van der Waals surface area (Å²) in [5.74, 6) is -0.388. The summed E-state index contributed by atoms with van der Waals surface area (Å²) >= 11 is 9.35. The van der Waals surface area contributed by atoms with Crippen molar-refractivity contribution in [3.8, 4) is 0 Å². The van der Waals surface area contributed by atoms with Crippen molar-refractivity contribution >= 4 is 49.1 Å². The zero-order valence-electron chi connectivity index (χ0n) is 13.1. The number of nitrogens with zero attached hydrogens (tertiary/aromatic N) is 2. The summed E-state index contributed by atoms with van der Waals surface area (Å²) in [5, 5.41) is 2.81.